The second-order valence-corrected chi connectivity index (χ2v) is 12.2. The molecule has 0 unspecified atom stereocenters. The van der Waals surface area contributed by atoms with Crippen molar-refractivity contribution in [2.75, 3.05) is 13.1 Å². The maximum Gasteiger partial charge on any atom is 0.308 e. The van der Waals surface area contributed by atoms with Crippen LogP contribution in [0.15, 0.2) is 24.3 Å². The van der Waals surface area contributed by atoms with Crippen LogP contribution in [0.5, 0.6) is 0 Å². The van der Waals surface area contributed by atoms with E-state index in [9.17, 15) is 19.5 Å². The van der Waals surface area contributed by atoms with E-state index in [-0.39, 0.29) is 41.6 Å². The summed E-state index contributed by atoms with van der Waals surface area (Å²) < 4.78 is 5.51. The van der Waals surface area contributed by atoms with Crippen LogP contribution in [0, 0.1) is 23.2 Å². The normalized spacial score (nSPS) is 26.7. The molecule has 0 radical (unpaired) electrons. The Morgan fingerprint density at radius 2 is 1.75 bits per heavy atom. The molecular formula is C28H41ClN2O5. The van der Waals surface area contributed by atoms with Crippen molar-refractivity contribution in [2.24, 2.45) is 23.2 Å². The van der Waals surface area contributed by atoms with Crippen molar-refractivity contribution >= 4 is 29.4 Å². The lowest BCUT2D eigenvalue weighted by molar-refractivity contribution is -0.157. The third kappa shape index (κ3) is 6.05. The van der Waals surface area contributed by atoms with Crippen LogP contribution in [-0.2, 0) is 24.7 Å². The van der Waals surface area contributed by atoms with Crippen LogP contribution in [0.1, 0.15) is 72.8 Å². The molecule has 2 N–H and O–H groups in total. The van der Waals surface area contributed by atoms with Gasteiger partial charge in [0.1, 0.15) is 12.1 Å². The minimum absolute atomic E-state index is 0.0994. The number of nitrogens with zero attached hydrogens (tertiary/aromatic N) is 1. The van der Waals surface area contributed by atoms with Gasteiger partial charge in [-0.2, -0.15) is 0 Å². The van der Waals surface area contributed by atoms with Gasteiger partial charge in [-0.25, -0.2) is 0 Å². The number of amides is 2. The molecule has 200 valence electrons. The van der Waals surface area contributed by atoms with Gasteiger partial charge < -0.3 is 20.1 Å². The van der Waals surface area contributed by atoms with Gasteiger partial charge in [-0.3, -0.25) is 14.4 Å². The van der Waals surface area contributed by atoms with E-state index in [1.54, 1.807) is 30.9 Å². The highest BCUT2D eigenvalue weighted by molar-refractivity contribution is 6.30. The molecule has 2 aliphatic rings. The zero-order valence-electron chi connectivity index (χ0n) is 22.3. The number of ether oxygens (including phenoxy) is 1. The van der Waals surface area contributed by atoms with Gasteiger partial charge in [0, 0.05) is 29.4 Å². The molecule has 0 spiro atoms. The summed E-state index contributed by atoms with van der Waals surface area (Å²) in [6.07, 6.45) is 1.90. The number of nitrogens with one attached hydrogen (secondary N) is 1. The van der Waals surface area contributed by atoms with Crippen molar-refractivity contribution in [3.8, 4) is 0 Å². The lowest BCUT2D eigenvalue weighted by Crippen LogP contribution is -2.60. The Morgan fingerprint density at radius 3 is 2.31 bits per heavy atom. The summed E-state index contributed by atoms with van der Waals surface area (Å²) in [5.74, 6) is -1.13. The van der Waals surface area contributed by atoms with Gasteiger partial charge in [0.15, 0.2) is 0 Å². The number of aliphatic hydroxyl groups is 1. The molecule has 7 nitrogen and oxygen atoms in total. The highest BCUT2D eigenvalue weighted by atomic mass is 35.5. The summed E-state index contributed by atoms with van der Waals surface area (Å²) in [5, 5.41) is 15.2. The summed E-state index contributed by atoms with van der Waals surface area (Å²) in [6, 6.07) is 6.55. The maximum absolute atomic E-state index is 13.6. The largest absolute Gasteiger partial charge is 0.462 e. The van der Waals surface area contributed by atoms with Crippen molar-refractivity contribution in [1.82, 2.24) is 10.2 Å². The van der Waals surface area contributed by atoms with Crippen LogP contribution in [-0.4, -0.2) is 53.0 Å². The molecule has 1 heterocycles. The Hall–Kier alpha value is -2.12. The molecule has 1 saturated heterocycles. The van der Waals surface area contributed by atoms with Crippen LogP contribution in [0.2, 0.25) is 5.02 Å². The van der Waals surface area contributed by atoms with Crippen LogP contribution in [0.4, 0.5) is 0 Å². The summed E-state index contributed by atoms with van der Waals surface area (Å²) >= 11 is 6.04. The first-order chi connectivity index (χ1) is 16.7. The molecule has 4 atom stereocenters. The Labute approximate surface area is 219 Å². The first-order valence-corrected chi connectivity index (χ1v) is 13.4. The molecule has 1 aromatic rings. The second kappa shape index (κ2) is 11.1. The maximum atomic E-state index is 13.6. The van der Waals surface area contributed by atoms with E-state index in [0.717, 1.165) is 5.56 Å². The number of hydrogen-bond donors (Lipinski definition) is 2. The number of carbonyl (C=O) groups excluding carboxylic acids is 3. The molecule has 1 aliphatic heterocycles. The zero-order chi connectivity index (χ0) is 26.8. The number of esters is 1. The Kier molecular flexibility index (Phi) is 8.77. The van der Waals surface area contributed by atoms with Gasteiger partial charge in [0.2, 0.25) is 11.8 Å². The summed E-state index contributed by atoms with van der Waals surface area (Å²) in [5.41, 5.74) is -0.928. The number of hydrogen-bond acceptors (Lipinski definition) is 5. The van der Waals surface area contributed by atoms with Crippen molar-refractivity contribution in [3.63, 3.8) is 0 Å². The van der Waals surface area contributed by atoms with E-state index in [0.29, 0.717) is 43.8 Å². The smallest absolute Gasteiger partial charge is 0.308 e. The van der Waals surface area contributed by atoms with E-state index in [4.69, 9.17) is 16.3 Å². The highest BCUT2D eigenvalue weighted by Gasteiger charge is 2.50. The van der Waals surface area contributed by atoms with Crippen molar-refractivity contribution in [1.29, 1.82) is 0 Å². The zero-order valence-corrected chi connectivity index (χ0v) is 23.1. The molecule has 1 aromatic carbocycles. The molecule has 0 aromatic heterocycles. The van der Waals surface area contributed by atoms with Crippen LogP contribution in [0.25, 0.3) is 0 Å². The number of benzene rings is 1. The number of carbonyl (C=O) groups is 3. The highest BCUT2D eigenvalue weighted by Crippen LogP contribution is 2.46. The fraction of sp³-hybridized carbons (Fsp3) is 0.679. The SMILES string of the molecule is CC(C)C(=O)O[C@@H]1CC[C@@H](C(=O)N[C@@H](C(=O)N2CC[C@](O)(c3ccc(Cl)cc3)C(C)(C)C2)C(C)C)C1. The first-order valence-electron chi connectivity index (χ1n) is 13.0. The fourth-order valence-corrected chi connectivity index (χ4v) is 5.46. The van der Waals surface area contributed by atoms with Crippen LogP contribution < -0.4 is 5.32 Å². The molecule has 2 fully saturated rings. The fourth-order valence-electron chi connectivity index (χ4n) is 5.34. The predicted octanol–water partition coefficient (Wildman–Crippen LogP) is 4.29. The summed E-state index contributed by atoms with van der Waals surface area (Å²) in [6.45, 7) is 12.1. The molecule has 1 saturated carbocycles. The van der Waals surface area contributed by atoms with Gasteiger partial charge in [0.25, 0.3) is 0 Å². The molecule has 36 heavy (non-hydrogen) atoms. The molecule has 3 rings (SSSR count). The second-order valence-electron chi connectivity index (χ2n) is 11.7. The standard InChI is InChI=1S/C28H41ClN2O5/c1-17(2)23(30-24(32)19-7-12-22(15-19)36-26(34)18(3)4)25(33)31-14-13-28(35,27(5,6)16-31)20-8-10-21(29)11-9-20/h8-11,17-19,22-23,35H,7,12-16H2,1-6H3,(H,30,32)/t19-,22-,23-,28+/m1/s1. The van der Waals surface area contributed by atoms with E-state index in [2.05, 4.69) is 5.32 Å². The Bertz CT molecular complexity index is 961. The van der Waals surface area contributed by atoms with Gasteiger partial charge in [-0.15, -0.1) is 0 Å². The molecule has 2 amide bonds. The van der Waals surface area contributed by atoms with E-state index < -0.39 is 17.1 Å². The molecule has 8 heteroatoms. The lowest BCUT2D eigenvalue weighted by Gasteiger charge is -2.51. The monoisotopic (exact) mass is 520 g/mol. The van der Waals surface area contributed by atoms with Crippen LogP contribution >= 0.6 is 11.6 Å². The van der Waals surface area contributed by atoms with Crippen LogP contribution in [0.3, 0.4) is 0 Å². The third-order valence-electron chi connectivity index (χ3n) is 7.82. The van der Waals surface area contributed by atoms with Gasteiger partial charge >= 0.3 is 5.97 Å². The Morgan fingerprint density at radius 1 is 1.11 bits per heavy atom. The van der Waals surface area contributed by atoms with E-state index in [1.165, 1.54) is 0 Å². The average molecular weight is 521 g/mol. The van der Waals surface area contributed by atoms with Crippen molar-refractivity contribution in [2.45, 2.75) is 85.0 Å². The third-order valence-corrected chi connectivity index (χ3v) is 8.07. The quantitative estimate of drug-likeness (QED) is 0.523. The lowest BCUT2D eigenvalue weighted by atomic mass is 9.66. The molecule has 0 bridgehead atoms. The molecule has 1 aliphatic carbocycles. The topological polar surface area (TPSA) is 95.9 Å². The Balaban J connectivity index is 1.65. The average Bonchev–Trinajstić information content (AvgIpc) is 3.27. The minimum atomic E-state index is -1.10. The van der Waals surface area contributed by atoms with Gasteiger partial charge in [-0.05, 0) is 49.3 Å². The number of halogens is 1. The molecular weight excluding hydrogens is 480 g/mol. The number of likely N-dealkylation sites (tertiary alicyclic amines) is 1. The number of rotatable bonds is 7. The first kappa shape index (κ1) is 28.5. The van der Waals surface area contributed by atoms with Crippen molar-refractivity contribution in [3.05, 3.63) is 34.9 Å². The minimum Gasteiger partial charge on any atom is -0.462 e. The van der Waals surface area contributed by atoms with Gasteiger partial charge in [-0.1, -0.05) is 65.3 Å². The number of piperidine rings is 1. The summed E-state index contributed by atoms with van der Waals surface area (Å²) in [7, 11) is 0. The van der Waals surface area contributed by atoms with Crippen molar-refractivity contribution < 1.29 is 24.2 Å². The predicted molar refractivity (Wildman–Crippen MR) is 139 cm³/mol. The summed E-state index contributed by atoms with van der Waals surface area (Å²) in [4.78, 5) is 40.4. The van der Waals surface area contributed by atoms with Gasteiger partial charge in [0.05, 0.1) is 11.5 Å². The van der Waals surface area contributed by atoms with E-state index >= 15 is 0 Å². The van der Waals surface area contributed by atoms with E-state index in [1.807, 2.05) is 39.8 Å².